The molecule has 3 nitrogen and oxygen atoms in total. The van der Waals surface area contributed by atoms with Gasteiger partial charge in [-0.1, -0.05) is 6.58 Å². The molecule has 0 spiro atoms. The molecule has 0 atom stereocenters. The number of hydrogen-bond acceptors (Lipinski definition) is 2. The third-order valence-electron chi connectivity index (χ3n) is 2.23. The molecule has 0 aromatic carbocycles. The molecule has 2 aromatic rings. The summed E-state index contributed by atoms with van der Waals surface area (Å²) in [6.45, 7) is 5.93. The van der Waals surface area contributed by atoms with Gasteiger partial charge >= 0.3 is 0 Å². The van der Waals surface area contributed by atoms with Gasteiger partial charge in [0.05, 0.1) is 5.70 Å². The van der Waals surface area contributed by atoms with Crippen LogP contribution in [0.2, 0.25) is 0 Å². The molecule has 0 aliphatic rings. The molecule has 72 valence electrons. The average molecular weight is 187 g/mol. The van der Waals surface area contributed by atoms with Crippen LogP contribution in [0.1, 0.15) is 11.3 Å². The van der Waals surface area contributed by atoms with Crippen LogP contribution in [0.3, 0.4) is 0 Å². The predicted octanol–water partition coefficient (Wildman–Crippen LogP) is 1.83. The lowest BCUT2D eigenvalue weighted by atomic mass is 10.3. The maximum Gasteiger partial charge on any atom is 0.137 e. The summed E-state index contributed by atoms with van der Waals surface area (Å²) in [5, 5.41) is 2.99. The maximum absolute atomic E-state index is 4.45. The van der Waals surface area contributed by atoms with Gasteiger partial charge in [-0.05, 0) is 24.6 Å². The molecule has 0 fully saturated rings. The van der Waals surface area contributed by atoms with Gasteiger partial charge in [-0.25, -0.2) is 4.98 Å². The van der Waals surface area contributed by atoms with Gasteiger partial charge in [-0.2, -0.15) is 0 Å². The van der Waals surface area contributed by atoms with Gasteiger partial charge in [-0.3, -0.25) is 0 Å². The summed E-state index contributed by atoms with van der Waals surface area (Å²) in [6.07, 6.45) is 3.97. The van der Waals surface area contributed by atoms with E-state index < -0.39 is 0 Å². The zero-order valence-corrected chi connectivity index (χ0v) is 8.41. The summed E-state index contributed by atoms with van der Waals surface area (Å²) in [5.41, 5.74) is 3.89. The van der Waals surface area contributed by atoms with Crippen LogP contribution in [-0.4, -0.2) is 16.4 Å². The van der Waals surface area contributed by atoms with E-state index in [4.69, 9.17) is 0 Å². The number of fused-ring (bicyclic) bond motifs is 1. The molecule has 0 aliphatic heterocycles. The van der Waals surface area contributed by atoms with E-state index >= 15 is 0 Å². The number of aryl methyl sites for hydroxylation is 1. The number of rotatable bonds is 2. The standard InChI is InChI=1S/C11H13N3/c1-8-4-5-14-7-10(9(2)12-3)13-11(14)6-8/h4-7,12H,2H2,1,3H3. The molecule has 0 radical (unpaired) electrons. The summed E-state index contributed by atoms with van der Waals surface area (Å²) in [4.78, 5) is 4.45. The van der Waals surface area contributed by atoms with E-state index in [0.29, 0.717) is 0 Å². The average Bonchev–Trinajstić information content (AvgIpc) is 2.59. The Kier molecular flexibility index (Phi) is 2.00. The van der Waals surface area contributed by atoms with Gasteiger partial charge in [0.2, 0.25) is 0 Å². The lowest BCUT2D eigenvalue weighted by Gasteiger charge is -1.96. The molecule has 0 saturated carbocycles. The van der Waals surface area contributed by atoms with Crippen molar-refractivity contribution < 1.29 is 0 Å². The second-order valence-corrected chi connectivity index (χ2v) is 3.32. The predicted molar refractivity (Wildman–Crippen MR) is 58.0 cm³/mol. The van der Waals surface area contributed by atoms with Crippen molar-refractivity contribution >= 4 is 11.3 Å². The first-order valence-corrected chi connectivity index (χ1v) is 4.53. The van der Waals surface area contributed by atoms with Gasteiger partial charge in [-0.15, -0.1) is 0 Å². The Balaban J connectivity index is 2.56. The number of aromatic nitrogens is 2. The highest BCUT2D eigenvalue weighted by Gasteiger charge is 2.02. The number of hydrogen-bond donors (Lipinski definition) is 1. The smallest absolute Gasteiger partial charge is 0.137 e. The Morgan fingerprint density at radius 1 is 1.57 bits per heavy atom. The van der Waals surface area contributed by atoms with Crippen LogP contribution in [-0.2, 0) is 0 Å². The molecule has 14 heavy (non-hydrogen) atoms. The van der Waals surface area contributed by atoms with E-state index in [1.165, 1.54) is 5.56 Å². The second-order valence-electron chi connectivity index (χ2n) is 3.32. The van der Waals surface area contributed by atoms with Crippen molar-refractivity contribution in [1.29, 1.82) is 0 Å². The summed E-state index contributed by atoms with van der Waals surface area (Å²) in [5.74, 6) is 0. The van der Waals surface area contributed by atoms with Crippen molar-refractivity contribution in [2.45, 2.75) is 6.92 Å². The van der Waals surface area contributed by atoms with Crippen LogP contribution in [0.25, 0.3) is 11.3 Å². The number of imidazole rings is 1. The SMILES string of the molecule is C=C(NC)c1cn2ccc(C)cc2n1. The molecule has 0 saturated heterocycles. The lowest BCUT2D eigenvalue weighted by Crippen LogP contribution is -2.02. The van der Waals surface area contributed by atoms with Gasteiger partial charge in [0, 0.05) is 19.4 Å². The first-order chi connectivity index (χ1) is 6.70. The summed E-state index contributed by atoms with van der Waals surface area (Å²) in [6, 6.07) is 4.10. The molecular weight excluding hydrogens is 174 g/mol. The molecule has 0 amide bonds. The van der Waals surface area contributed by atoms with Crippen molar-refractivity contribution in [3.63, 3.8) is 0 Å². The molecule has 2 heterocycles. The monoisotopic (exact) mass is 187 g/mol. The van der Waals surface area contributed by atoms with E-state index in [0.717, 1.165) is 17.0 Å². The first kappa shape index (κ1) is 8.81. The van der Waals surface area contributed by atoms with Gasteiger partial charge in [0.15, 0.2) is 0 Å². The van der Waals surface area contributed by atoms with Crippen LogP contribution in [0, 0.1) is 6.92 Å². The fraction of sp³-hybridized carbons (Fsp3) is 0.182. The van der Waals surface area contributed by atoms with Crippen molar-refractivity contribution in [3.05, 3.63) is 42.4 Å². The van der Waals surface area contributed by atoms with Crippen LogP contribution >= 0.6 is 0 Å². The zero-order chi connectivity index (χ0) is 10.1. The Labute approximate surface area is 83.1 Å². The van der Waals surface area contributed by atoms with Crippen LogP contribution in [0.4, 0.5) is 0 Å². The normalized spacial score (nSPS) is 10.4. The number of nitrogens with one attached hydrogen (secondary N) is 1. The van der Waals surface area contributed by atoms with Crippen molar-refractivity contribution in [3.8, 4) is 0 Å². The van der Waals surface area contributed by atoms with E-state index in [1.54, 1.807) is 0 Å². The topological polar surface area (TPSA) is 29.3 Å². The van der Waals surface area contributed by atoms with Gasteiger partial charge in [0.1, 0.15) is 11.3 Å². The fourth-order valence-corrected chi connectivity index (χ4v) is 1.36. The molecule has 2 aromatic heterocycles. The van der Waals surface area contributed by atoms with E-state index in [9.17, 15) is 0 Å². The summed E-state index contributed by atoms with van der Waals surface area (Å²) >= 11 is 0. The minimum absolute atomic E-state index is 0.839. The highest BCUT2D eigenvalue weighted by atomic mass is 15.0. The van der Waals surface area contributed by atoms with Gasteiger partial charge in [0.25, 0.3) is 0 Å². The Bertz CT molecular complexity index is 482. The quantitative estimate of drug-likeness (QED) is 0.777. The second kappa shape index (κ2) is 3.18. The van der Waals surface area contributed by atoms with E-state index in [2.05, 4.69) is 29.9 Å². The van der Waals surface area contributed by atoms with Crippen LogP contribution in [0.15, 0.2) is 31.1 Å². The maximum atomic E-state index is 4.45. The van der Waals surface area contributed by atoms with Gasteiger partial charge < -0.3 is 9.72 Å². The highest BCUT2D eigenvalue weighted by Crippen LogP contribution is 2.11. The Morgan fingerprint density at radius 3 is 3.07 bits per heavy atom. The summed E-state index contributed by atoms with van der Waals surface area (Å²) < 4.78 is 1.99. The first-order valence-electron chi connectivity index (χ1n) is 4.53. The van der Waals surface area contributed by atoms with Crippen LogP contribution < -0.4 is 5.32 Å². The molecule has 0 bridgehead atoms. The van der Waals surface area contributed by atoms with Crippen molar-refractivity contribution in [1.82, 2.24) is 14.7 Å². The van der Waals surface area contributed by atoms with Crippen molar-refractivity contribution in [2.24, 2.45) is 0 Å². The third kappa shape index (κ3) is 1.37. The molecule has 0 aliphatic carbocycles. The lowest BCUT2D eigenvalue weighted by molar-refractivity contribution is 1.11. The van der Waals surface area contributed by atoms with E-state index in [-0.39, 0.29) is 0 Å². The molecule has 0 unspecified atom stereocenters. The van der Waals surface area contributed by atoms with Crippen molar-refractivity contribution in [2.75, 3.05) is 7.05 Å². The molecule has 2 rings (SSSR count). The number of pyridine rings is 1. The Hall–Kier alpha value is -1.77. The number of nitrogens with zero attached hydrogens (tertiary/aromatic N) is 2. The van der Waals surface area contributed by atoms with Crippen LogP contribution in [0.5, 0.6) is 0 Å². The minimum Gasteiger partial charge on any atom is -0.387 e. The summed E-state index contributed by atoms with van der Waals surface area (Å²) in [7, 11) is 1.84. The minimum atomic E-state index is 0.839. The molecule has 1 N–H and O–H groups in total. The zero-order valence-electron chi connectivity index (χ0n) is 8.41. The molecular formula is C11H13N3. The highest BCUT2D eigenvalue weighted by molar-refractivity contribution is 5.61. The fourth-order valence-electron chi connectivity index (χ4n) is 1.36. The third-order valence-corrected chi connectivity index (χ3v) is 2.23. The van der Waals surface area contributed by atoms with E-state index in [1.807, 2.05) is 29.9 Å². The Morgan fingerprint density at radius 2 is 2.36 bits per heavy atom. The molecule has 3 heteroatoms. The largest absolute Gasteiger partial charge is 0.387 e.